The van der Waals surface area contributed by atoms with E-state index in [2.05, 4.69) is 21.0 Å². The van der Waals surface area contributed by atoms with E-state index in [0.29, 0.717) is 0 Å². The van der Waals surface area contributed by atoms with E-state index in [1.54, 1.807) is 0 Å². The minimum atomic E-state index is 0.163. The molecule has 0 radical (unpaired) electrons. The fraction of sp³-hybridized carbons (Fsp3) is 0.812. The molecule has 1 saturated heterocycles. The molecular weight excluding hydrogens is 264 g/mol. The van der Waals surface area contributed by atoms with E-state index in [1.165, 1.54) is 43.5 Å². The molecular formula is C16H26N4O. The molecule has 1 saturated carbocycles. The Morgan fingerprint density at radius 1 is 1.24 bits per heavy atom. The third kappa shape index (κ3) is 2.87. The van der Waals surface area contributed by atoms with E-state index in [0.717, 1.165) is 45.9 Å². The van der Waals surface area contributed by atoms with Crippen molar-refractivity contribution in [2.75, 3.05) is 26.2 Å². The summed E-state index contributed by atoms with van der Waals surface area (Å²) in [6.45, 7) is 7.11. The molecule has 0 atom stereocenters. The molecule has 2 aliphatic heterocycles. The van der Waals surface area contributed by atoms with Gasteiger partial charge in [0.25, 0.3) is 0 Å². The summed E-state index contributed by atoms with van der Waals surface area (Å²) in [6.07, 6.45) is 6.32. The highest BCUT2D eigenvalue weighted by atomic mass is 16.5. The molecule has 1 N–H and O–H groups in total. The Labute approximate surface area is 126 Å². The molecule has 5 nitrogen and oxygen atoms in total. The van der Waals surface area contributed by atoms with Gasteiger partial charge in [0.1, 0.15) is 0 Å². The largest absolute Gasteiger partial charge is 0.372 e. The lowest BCUT2D eigenvalue weighted by atomic mass is 9.99. The Balaban J connectivity index is 1.43. The highest BCUT2D eigenvalue weighted by molar-refractivity contribution is 5.11. The first-order valence-electron chi connectivity index (χ1n) is 8.46. The van der Waals surface area contributed by atoms with Crippen LogP contribution in [0.3, 0.4) is 0 Å². The van der Waals surface area contributed by atoms with E-state index in [4.69, 9.17) is 9.84 Å². The van der Waals surface area contributed by atoms with Crippen LogP contribution in [0.25, 0.3) is 0 Å². The molecule has 2 fully saturated rings. The number of fused-ring (bicyclic) bond motifs is 1. The molecule has 4 rings (SSSR count). The number of nitrogens with zero attached hydrogens (tertiary/aromatic N) is 3. The van der Waals surface area contributed by atoms with Crippen LogP contribution in [-0.4, -0.2) is 46.5 Å². The summed E-state index contributed by atoms with van der Waals surface area (Å²) in [5.41, 5.74) is 2.73. The summed E-state index contributed by atoms with van der Waals surface area (Å²) in [7, 11) is 0. The lowest BCUT2D eigenvalue weighted by Gasteiger charge is -2.40. The second kappa shape index (κ2) is 5.71. The molecule has 0 unspecified atom stereocenters. The Bertz CT molecular complexity index is 469. The number of rotatable bonds is 2. The maximum absolute atomic E-state index is 6.11. The summed E-state index contributed by atoms with van der Waals surface area (Å²) in [4.78, 5) is 2.55. The van der Waals surface area contributed by atoms with Crippen LogP contribution >= 0.6 is 0 Å². The topological polar surface area (TPSA) is 42.3 Å². The highest BCUT2D eigenvalue weighted by Crippen LogP contribution is 2.36. The summed E-state index contributed by atoms with van der Waals surface area (Å²) in [6, 6.07) is 2.29. The number of morpholine rings is 1. The number of nitrogens with one attached hydrogen (secondary N) is 1. The lowest BCUT2D eigenvalue weighted by molar-refractivity contribution is -0.107. The normalized spacial score (nSPS) is 25.9. The van der Waals surface area contributed by atoms with E-state index < -0.39 is 0 Å². The summed E-state index contributed by atoms with van der Waals surface area (Å²) in [5, 5.41) is 8.28. The van der Waals surface area contributed by atoms with Gasteiger partial charge in [0.2, 0.25) is 0 Å². The van der Waals surface area contributed by atoms with Gasteiger partial charge >= 0.3 is 0 Å². The molecule has 21 heavy (non-hydrogen) atoms. The van der Waals surface area contributed by atoms with Gasteiger partial charge in [-0.1, -0.05) is 12.8 Å². The fourth-order valence-corrected chi connectivity index (χ4v) is 4.11. The number of aromatic nitrogens is 2. The second-order valence-corrected chi connectivity index (χ2v) is 6.83. The Hall–Kier alpha value is -0.910. The SMILES string of the molecule is c1c(CN2CCOC3(CCCC3)C2)nn2c1CNCCC2. The molecule has 3 aliphatic rings. The predicted molar refractivity (Wildman–Crippen MR) is 81.0 cm³/mol. The first-order valence-corrected chi connectivity index (χ1v) is 8.46. The van der Waals surface area contributed by atoms with Gasteiger partial charge in [-0.05, 0) is 31.9 Å². The van der Waals surface area contributed by atoms with Crippen LogP contribution in [0.4, 0.5) is 0 Å². The van der Waals surface area contributed by atoms with Crippen molar-refractivity contribution in [3.8, 4) is 0 Å². The van der Waals surface area contributed by atoms with Crippen LogP contribution in [0.15, 0.2) is 6.07 Å². The van der Waals surface area contributed by atoms with Crippen LogP contribution in [-0.2, 0) is 24.4 Å². The van der Waals surface area contributed by atoms with Gasteiger partial charge in [0.05, 0.1) is 23.6 Å². The van der Waals surface area contributed by atoms with Gasteiger partial charge in [0.15, 0.2) is 0 Å². The molecule has 0 amide bonds. The van der Waals surface area contributed by atoms with E-state index >= 15 is 0 Å². The van der Waals surface area contributed by atoms with Gasteiger partial charge < -0.3 is 10.1 Å². The molecule has 0 bridgehead atoms. The standard InChI is InChI=1S/C16H26N4O/c1-2-5-16(4-1)13-19(8-9-21-16)12-14-10-15-11-17-6-3-7-20(15)18-14/h10,17H,1-9,11-13H2. The van der Waals surface area contributed by atoms with Crippen LogP contribution in [0.5, 0.6) is 0 Å². The van der Waals surface area contributed by atoms with Gasteiger partial charge in [-0.25, -0.2) is 0 Å². The summed E-state index contributed by atoms with van der Waals surface area (Å²) >= 11 is 0. The number of hydrogen-bond donors (Lipinski definition) is 1. The zero-order chi connectivity index (χ0) is 14.1. The van der Waals surface area contributed by atoms with E-state index in [9.17, 15) is 0 Å². The summed E-state index contributed by atoms with van der Waals surface area (Å²) in [5.74, 6) is 0. The average Bonchev–Trinajstić information content (AvgIpc) is 3.01. The van der Waals surface area contributed by atoms with Crippen molar-refractivity contribution in [3.63, 3.8) is 0 Å². The highest BCUT2D eigenvalue weighted by Gasteiger charge is 2.39. The number of hydrogen-bond acceptors (Lipinski definition) is 4. The van der Waals surface area contributed by atoms with Gasteiger partial charge in [-0.15, -0.1) is 0 Å². The van der Waals surface area contributed by atoms with Crippen LogP contribution in [0.2, 0.25) is 0 Å². The zero-order valence-electron chi connectivity index (χ0n) is 12.8. The van der Waals surface area contributed by atoms with Crippen molar-refractivity contribution in [2.24, 2.45) is 0 Å². The lowest BCUT2D eigenvalue weighted by Crippen LogP contribution is -2.49. The molecule has 0 aromatic carbocycles. The monoisotopic (exact) mass is 290 g/mol. The molecule has 1 spiro atoms. The smallest absolute Gasteiger partial charge is 0.0809 e. The molecule has 116 valence electrons. The van der Waals surface area contributed by atoms with Gasteiger partial charge in [-0.3, -0.25) is 9.58 Å². The van der Waals surface area contributed by atoms with Crippen molar-refractivity contribution in [3.05, 3.63) is 17.5 Å². The van der Waals surface area contributed by atoms with Gasteiger partial charge in [-0.2, -0.15) is 5.10 Å². The van der Waals surface area contributed by atoms with Crippen molar-refractivity contribution in [2.45, 2.75) is 57.3 Å². The van der Waals surface area contributed by atoms with Crippen molar-refractivity contribution >= 4 is 0 Å². The molecule has 3 heterocycles. The molecule has 1 aliphatic carbocycles. The van der Waals surface area contributed by atoms with Crippen LogP contribution in [0.1, 0.15) is 43.5 Å². The predicted octanol–water partition coefficient (Wildman–Crippen LogP) is 1.52. The Morgan fingerprint density at radius 3 is 3.05 bits per heavy atom. The van der Waals surface area contributed by atoms with Crippen molar-refractivity contribution in [1.82, 2.24) is 20.0 Å². The number of aryl methyl sites for hydroxylation is 1. The summed E-state index contributed by atoms with van der Waals surface area (Å²) < 4.78 is 8.31. The third-order valence-electron chi connectivity index (χ3n) is 5.17. The quantitative estimate of drug-likeness (QED) is 0.897. The second-order valence-electron chi connectivity index (χ2n) is 6.83. The average molecular weight is 290 g/mol. The Kier molecular flexibility index (Phi) is 3.73. The first kappa shape index (κ1) is 13.7. The third-order valence-corrected chi connectivity index (χ3v) is 5.17. The zero-order valence-corrected chi connectivity index (χ0v) is 12.8. The number of ether oxygens (including phenoxy) is 1. The minimum absolute atomic E-state index is 0.163. The molecule has 1 aromatic heterocycles. The van der Waals surface area contributed by atoms with Crippen LogP contribution < -0.4 is 5.32 Å². The maximum atomic E-state index is 6.11. The van der Waals surface area contributed by atoms with Crippen molar-refractivity contribution in [1.29, 1.82) is 0 Å². The first-order chi connectivity index (χ1) is 10.3. The molecule has 1 aromatic rings. The fourth-order valence-electron chi connectivity index (χ4n) is 4.11. The van der Waals surface area contributed by atoms with E-state index in [1.807, 2.05) is 0 Å². The van der Waals surface area contributed by atoms with Crippen LogP contribution in [0, 0.1) is 0 Å². The maximum Gasteiger partial charge on any atom is 0.0809 e. The minimum Gasteiger partial charge on any atom is -0.372 e. The van der Waals surface area contributed by atoms with E-state index in [-0.39, 0.29) is 5.60 Å². The van der Waals surface area contributed by atoms with Crippen molar-refractivity contribution < 1.29 is 4.74 Å². The van der Waals surface area contributed by atoms with Gasteiger partial charge in [0, 0.05) is 32.7 Å². The Morgan fingerprint density at radius 2 is 2.14 bits per heavy atom. The molecule has 5 heteroatoms.